The van der Waals surface area contributed by atoms with Crippen LogP contribution in [0.5, 0.6) is 0 Å². The molecule has 4 nitrogen and oxygen atoms in total. The van der Waals surface area contributed by atoms with Gasteiger partial charge in [-0.3, -0.25) is 0 Å². The van der Waals surface area contributed by atoms with Crippen LogP contribution in [0.1, 0.15) is 0 Å². The van der Waals surface area contributed by atoms with Crippen LogP contribution in [0.25, 0.3) is 22.8 Å². The van der Waals surface area contributed by atoms with Crippen LogP contribution in [0.3, 0.4) is 0 Å². The van der Waals surface area contributed by atoms with Crippen LogP contribution in [-0.2, 0) is 0 Å². The summed E-state index contributed by atoms with van der Waals surface area (Å²) in [4.78, 5) is 4.27. The predicted octanol–water partition coefficient (Wildman–Crippen LogP) is 4.54. The average molecular weight is 369 g/mol. The van der Waals surface area contributed by atoms with Crippen LogP contribution in [-0.4, -0.2) is 10.1 Å². The smallest absolute Gasteiger partial charge is 0.258 e. The molecule has 0 unspecified atom stereocenters. The number of hydrogen-bond donors (Lipinski definition) is 1. The number of rotatable bonds is 2. The van der Waals surface area contributed by atoms with E-state index in [0.29, 0.717) is 28.5 Å². The second-order valence-corrected chi connectivity index (χ2v) is 5.55. The second kappa shape index (κ2) is 5.46. The van der Waals surface area contributed by atoms with Crippen molar-refractivity contribution in [3.63, 3.8) is 0 Å². The number of halogens is 3. The van der Waals surface area contributed by atoms with E-state index in [2.05, 4.69) is 26.1 Å². The Kier molecular flexibility index (Phi) is 3.65. The fourth-order valence-corrected chi connectivity index (χ4v) is 2.41. The minimum atomic E-state index is -0.421. The van der Waals surface area contributed by atoms with Crippen molar-refractivity contribution in [1.82, 2.24) is 10.1 Å². The molecule has 0 radical (unpaired) electrons. The first-order chi connectivity index (χ1) is 10.0. The van der Waals surface area contributed by atoms with E-state index >= 15 is 0 Å². The molecule has 1 aromatic heterocycles. The van der Waals surface area contributed by atoms with E-state index < -0.39 is 5.82 Å². The maximum Gasteiger partial charge on any atom is 0.258 e. The molecular formula is C14H8BrClFN3O. The lowest BCUT2D eigenvalue weighted by Gasteiger charge is -1.99. The molecule has 1 heterocycles. The van der Waals surface area contributed by atoms with Crippen LogP contribution >= 0.6 is 27.5 Å². The molecule has 0 aliphatic rings. The van der Waals surface area contributed by atoms with E-state index in [1.54, 1.807) is 18.2 Å². The zero-order valence-electron chi connectivity index (χ0n) is 10.5. The average Bonchev–Trinajstić information content (AvgIpc) is 2.91. The van der Waals surface area contributed by atoms with Gasteiger partial charge in [0.25, 0.3) is 5.89 Å². The first-order valence-electron chi connectivity index (χ1n) is 5.89. The van der Waals surface area contributed by atoms with Gasteiger partial charge in [0.1, 0.15) is 5.82 Å². The van der Waals surface area contributed by atoms with Crippen molar-refractivity contribution in [2.24, 2.45) is 0 Å². The summed E-state index contributed by atoms with van der Waals surface area (Å²) in [7, 11) is 0. The Balaban J connectivity index is 2.01. The number of nitrogen functional groups attached to an aromatic ring is 1. The zero-order chi connectivity index (χ0) is 15.0. The third kappa shape index (κ3) is 2.77. The van der Waals surface area contributed by atoms with E-state index in [1.165, 1.54) is 18.2 Å². The lowest BCUT2D eigenvalue weighted by molar-refractivity contribution is 0.432. The normalized spacial score (nSPS) is 10.8. The second-order valence-electron chi connectivity index (χ2n) is 4.28. The van der Waals surface area contributed by atoms with Gasteiger partial charge in [0.2, 0.25) is 5.82 Å². The van der Waals surface area contributed by atoms with Gasteiger partial charge in [-0.1, -0.05) is 16.8 Å². The molecule has 0 bridgehead atoms. The molecule has 3 aromatic rings. The van der Waals surface area contributed by atoms with E-state index in [0.717, 1.165) is 4.47 Å². The number of aromatic nitrogens is 2. The monoisotopic (exact) mass is 367 g/mol. The largest absolute Gasteiger partial charge is 0.398 e. The Morgan fingerprint density at radius 3 is 2.71 bits per heavy atom. The van der Waals surface area contributed by atoms with Gasteiger partial charge < -0.3 is 10.3 Å². The van der Waals surface area contributed by atoms with Crippen molar-refractivity contribution in [3.8, 4) is 22.8 Å². The summed E-state index contributed by atoms with van der Waals surface area (Å²) in [6.45, 7) is 0. The highest BCUT2D eigenvalue weighted by atomic mass is 79.9. The summed E-state index contributed by atoms with van der Waals surface area (Å²) < 4.78 is 19.0. The predicted molar refractivity (Wildman–Crippen MR) is 82.3 cm³/mol. The summed E-state index contributed by atoms with van der Waals surface area (Å²) in [6, 6.07) is 9.27. The summed E-state index contributed by atoms with van der Waals surface area (Å²) in [5.74, 6) is 0.198. The maximum atomic E-state index is 13.0. The Hall–Kier alpha value is -1.92. The molecule has 3 rings (SSSR count). The fraction of sp³-hybridized carbons (Fsp3) is 0. The fourth-order valence-electron chi connectivity index (χ4n) is 1.78. The highest BCUT2D eigenvalue weighted by molar-refractivity contribution is 9.10. The third-order valence-electron chi connectivity index (χ3n) is 2.85. The van der Waals surface area contributed by atoms with E-state index in [9.17, 15) is 4.39 Å². The van der Waals surface area contributed by atoms with Crippen molar-refractivity contribution in [1.29, 1.82) is 0 Å². The number of nitrogens with two attached hydrogens (primary N) is 1. The minimum absolute atomic E-state index is 0.223. The summed E-state index contributed by atoms with van der Waals surface area (Å²) in [6.07, 6.45) is 0. The van der Waals surface area contributed by atoms with Crippen LogP contribution < -0.4 is 5.73 Å². The van der Waals surface area contributed by atoms with Crippen molar-refractivity contribution in [2.75, 3.05) is 5.73 Å². The van der Waals surface area contributed by atoms with Crippen molar-refractivity contribution in [3.05, 3.63) is 51.7 Å². The van der Waals surface area contributed by atoms with Crippen LogP contribution in [0.15, 0.2) is 45.4 Å². The molecule has 0 amide bonds. The molecule has 2 N–H and O–H groups in total. The van der Waals surface area contributed by atoms with E-state index in [4.69, 9.17) is 21.9 Å². The molecule has 0 aliphatic carbocycles. The Morgan fingerprint density at radius 2 is 2.00 bits per heavy atom. The molecule has 0 atom stereocenters. The van der Waals surface area contributed by atoms with Crippen LogP contribution in [0.2, 0.25) is 5.02 Å². The molecule has 7 heteroatoms. The summed E-state index contributed by atoms with van der Waals surface area (Å²) in [5.41, 5.74) is 7.56. The molecule has 0 aliphatic heterocycles. The zero-order valence-corrected chi connectivity index (χ0v) is 12.8. The van der Waals surface area contributed by atoms with Gasteiger partial charge in [-0.2, -0.15) is 4.98 Å². The van der Waals surface area contributed by atoms with E-state index in [-0.39, 0.29) is 5.02 Å². The van der Waals surface area contributed by atoms with Crippen molar-refractivity contribution in [2.45, 2.75) is 0 Å². The van der Waals surface area contributed by atoms with Gasteiger partial charge in [0.05, 0.1) is 5.02 Å². The van der Waals surface area contributed by atoms with Gasteiger partial charge in [-0.25, -0.2) is 4.39 Å². The standard InChI is InChI=1S/C14H8BrClFN3O/c15-10-5-7(1-4-12(10)18)14-19-13(20-21-14)9-3-2-8(17)6-11(9)16/h1-6H,18H2. The van der Waals surface area contributed by atoms with Gasteiger partial charge in [-0.15, -0.1) is 0 Å². The quantitative estimate of drug-likeness (QED) is 0.674. The lowest BCUT2D eigenvalue weighted by atomic mass is 10.2. The Bertz CT molecular complexity index is 822. The number of nitrogens with zero attached hydrogens (tertiary/aromatic N) is 2. The first-order valence-corrected chi connectivity index (χ1v) is 7.06. The first kappa shape index (κ1) is 14.0. The SMILES string of the molecule is Nc1ccc(-c2nc(-c3ccc(F)cc3Cl)no2)cc1Br. The molecule has 0 fully saturated rings. The van der Waals surface area contributed by atoms with Gasteiger partial charge >= 0.3 is 0 Å². The topological polar surface area (TPSA) is 64.9 Å². The number of anilines is 1. The van der Waals surface area contributed by atoms with Crippen molar-refractivity contribution >= 4 is 33.2 Å². The van der Waals surface area contributed by atoms with Gasteiger partial charge in [0, 0.05) is 21.3 Å². The Labute approximate surface area is 132 Å². The van der Waals surface area contributed by atoms with E-state index in [1.807, 2.05) is 0 Å². The molecule has 21 heavy (non-hydrogen) atoms. The number of hydrogen-bond acceptors (Lipinski definition) is 4. The maximum absolute atomic E-state index is 13.0. The molecule has 0 saturated carbocycles. The van der Waals surface area contributed by atoms with Crippen LogP contribution in [0, 0.1) is 5.82 Å². The van der Waals surface area contributed by atoms with Gasteiger partial charge in [0.15, 0.2) is 0 Å². The highest BCUT2D eigenvalue weighted by Gasteiger charge is 2.14. The molecule has 106 valence electrons. The summed E-state index contributed by atoms with van der Waals surface area (Å²) >= 11 is 9.32. The van der Waals surface area contributed by atoms with Crippen molar-refractivity contribution < 1.29 is 8.91 Å². The summed E-state index contributed by atoms with van der Waals surface area (Å²) in [5, 5.41) is 4.09. The Morgan fingerprint density at radius 1 is 1.19 bits per heavy atom. The molecule has 0 saturated heterocycles. The molecular weight excluding hydrogens is 361 g/mol. The highest BCUT2D eigenvalue weighted by Crippen LogP contribution is 2.30. The van der Waals surface area contributed by atoms with Crippen LogP contribution in [0.4, 0.5) is 10.1 Å². The molecule has 0 spiro atoms. The third-order valence-corrected chi connectivity index (χ3v) is 3.84. The molecule has 2 aromatic carbocycles. The lowest BCUT2D eigenvalue weighted by Crippen LogP contribution is -1.87. The van der Waals surface area contributed by atoms with Gasteiger partial charge in [-0.05, 0) is 52.3 Å². The minimum Gasteiger partial charge on any atom is -0.398 e. The number of benzene rings is 2.